The van der Waals surface area contributed by atoms with Crippen LogP contribution in [0.5, 0.6) is 0 Å². The molecule has 0 aliphatic rings. The van der Waals surface area contributed by atoms with Gasteiger partial charge in [-0.15, -0.1) is 0 Å². The van der Waals surface area contributed by atoms with E-state index in [4.69, 9.17) is 11.5 Å². The summed E-state index contributed by atoms with van der Waals surface area (Å²) in [6.07, 6.45) is 0. The Hall–Kier alpha value is -2.04. The second-order valence-electron chi connectivity index (χ2n) is 3.11. The van der Waals surface area contributed by atoms with Crippen molar-refractivity contribution in [1.29, 1.82) is 0 Å². The van der Waals surface area contributed by atoms with E-state index in [1.807, 2.05) is 0 Å². The number of benzene rings is 1. The Morgan fingerprint density at radius 2 is 2.07 bits per heavy atom. The highest BCUT2D eigenvalue weighted by atomic mass is 16.5. The second-order valence-corrected chi connectivity index (χ2v) is 3.11. The van der Waals surface area contributed by atoms with Crippen LogP contribution in [-0.2, 0) is 9.53 Å². The lowest BCUT2D eigenvalue weighted by Crippen LogP contribution is -2.20. The fourth-order valence-corrected chi connectivity index (χ4v) is 1.02. The van der Waals surface area contributed by atoms with Gasteiger partial charge in [-0.2, -0.15) is 0 Å². The number of nitrogens with two attached hydrogens (primary N) is 2. The second kappa shape index (κ2) is 4.45. The first-order chi connectivity index (χ1) is 7.00. The van der Waals surface area contributed by atoms with E-state index >= 15 is 0 Å². The number of hydrogen-bond donors (Lipinski definition) is 2. The van der Waals surface area contributed by atoms with Gasteiger partial charge in [-0.25, -0.2) is 4.79 Å². The molecule has 0 fully saturated rings. The minimum atomic E-state index is -0.685. The van der Waals surface area contributed by atoms with E-state index in [1.165, 1.54) is 6.07 Å². The zero-order valence-corrected chi connectivity index (χ0v) is 8.32. The lowest BCUT2D eigenvalue weighted by molar-refractivity contribution is -0.121. The lowest BCUT2D eigenvalue weighted by Gasteiger charge is -2.04. The Morgan fingerprint density at radius 3 is 2.60 bits per heavy atom. The van der Waals surface area contributed by atoms with Crippen molar-refractivity contribution in [2.24, 2.45) is 5.73 Å². The maximum absolute atomic E-state index is 11.3. The van der Waals surface area contributed by atoms with Crippen molar-refractivity contribution in [2.45, 2.75) is 6.92 Å². The number of ether oxygens (including phenoxy) is 1. The molecule has 0 unspecified atom stereocenters. The Balaban J connectivity index is 2.74. The zero-order valence-electron chi connectivity index (χ0n) is 8.32. The zero-order chi connectivity index (χ0) is 11.4. The average Bonchev–Trinajstić information content (AvgIpc) is 2.18. The molecule has 0 bridgehead atoms. The summed E-state index contributed by atoms with van der Waals surface area (Å²) in [5.41, 5.74) is 12.2. The standard InChI is InChI=1S/C10H12N2O3/c1-6-4-7(2-3-8(6)11)10(14)15-5-9(12)13/h2-4H,5,11H2,1H3,(H2,12,13). The normalized spacial score (nSPS) is 9.67. The van der Waals surface area contributed by atoms with E-state index < -0.39 is 18.5 Å². The van der Waals surface area contributed by atoms with Crippen LogP contribution in [-0.4, -0.2) is 18.5 Å². The number of anilines is 1. The van der Waals surface area contributed by atoms with Gasteiger partial charge in [0.15, 0.2) is 6.61 Å². The first-order valence-corrected chi connectivity index (χ1v) is 4.32. The smallest absolute Gasteiger partial charge is 0.338 e. The summed E-state index contributed by atoms with van der Waals surface area (Å²) in [4.78, 5) is 21.7. The molecule has 0 aliphatic carbocycles. The van der Waals surface area contributed by atoms with Crippen LogP contribution in [0.4, 0.5) is 5.69 Å². The molecule has 0 aliphatic heterocycles. The molecule has 5 heteroatoms. The van der Waals surface area contributed by atoms with Crippen LogP contribution in [0.1, 0.15) is 15.9 Å². The molecule has 15 heavy (non-hydrogen) atoms. The third-order valence-electron chi connectivity index (χ3n) is 1.85. The van der Waals surface area contributed by atoms with E-state index in [2.05, 4.69) is 4.74 Å². The van der Waals surface area contributed by atoms with E-state index in [0.29, 0.717) is 11.3 Å². The maximum Gasteiger partial charge on any atom is 0.338 e. The first kappa shape index (κ1) is 11.0. The topological polar surface area (TPSA) is 95.4 Å². The Kier molecular flexibility index (Phi) is 3.28. The quantitative estimate of drug-likeness (QED) is 0.548. The van der Waals surface area contributed by atoms with Gasteiger partial charge >= 0.3 is 5.97 Å². The van der Waals surface area contributed by atoms with E-state index in [-0.39, 0.29) is 0 Å². The highest BCUT2D eigenvalue weighted by Gasteiger charge is 2.09. The monoisotopic (exact) mass is 208 g/mol. The fraction of sp³-hybridized carbons (Fsp3) is 0.200. The summed E-state index contributed by atoms with van der Waals surface area (Å²) < 4.78 is 4.63. The molecule has 0 atom stereocenters. The number of esters is 1. The molecule has 0 aromatic heterocycles. The van der Waals surface area contributed by atoms with Crippen LogP contribution in [0.2, 0.25) is 0 Å². The summed E-state index contributed by atoms with van der Waals surface area (Å²) in [7, 11) is 0. The van der Waals surface area contributed by atoms with Crippen molar-refractivity contribution in [3.63, 3.8) is 0 Å². The Bertz CT molecular complexity index is 402. The van der Waals surface area contributed by atoms with Crippen LogP contribution in [0.3, 0.4) is 0 Å². The molecule has 0 spiro atoms. The number of amides is 1. The lowest BCUT2D eigenvalue weighted by atomic mass is 10.1. The van der Waals surface area contributed by atoms with Crippen molar-refractivity contribution < 1.29 is 14.3 Å². The predicted molar refractivity (Wildman–Crippen MR) is 55.1 cm³/mol. The number of rotatable bonds is 3. The van der Waals surface area contributed by atoms with Crippen LogP contribution < -0.4 is 11.5 Å². The SMILES string of the molecule is Cc1cc(C(=O)OCC(N)=O)ccc1N. The third kappa shape index (κ3) is 2.98. The van der Waals surface area contributed by atoms with E-state index in [0.717, 1.165) is 5.56 Å². The van der Waals surface area contributed by atoms with E-state index in [1.54, 1.807) is 19.1 Å². The number of carbonyl (C=O) groups is 2. The highest BCUT2D eigenvalue weighted by Crippen LogP contribution is 2.13. The van der Waals surface area contributed by atoms with Gasteiger partial charge in [0.1, 0.15) is 0 Å². The van der Waals surface area contributed by atoms with Crippen LogP contribution >= 0.6 is 0 Å². The van der Waals surface area contributed by atoms with Gasteiger partial charge in [0.2, 0.25) is 0 Å². The van der Waals surface area contributed by atoms with Crippen molar-refractivity contribution in [1.82, 2.24) is 0 Å². The van der Waals surface area contributed by atoms with Gasteiger partial charge < -0.3 is 16.2 Å². The largest absolute Gasteiger partial charge is 0.452 e. The molecule has 4 N–H and O–H groups in total. The number of primary amides is 1. The summed E-state index contributed by atoms with van der Waals surface area (Å²) in [6, 6.07) is 4.74. The molecule has 80 valence electrons. The fourth-order valence-electron chi connectivity index (χ4n) is 1.02. The molecule has 0 saturated heterocycles. The van der Waals surface area contributed by atoms with Gasteiger partial charge in [0.25, 0.3) is 5.91 Å². The number of carbonyl (C=O) groups excluding carboxylic acids is 2. The molecule has 5 nitrogen and oxygen atoms in total. The highest BCUT2D eigenvalue weighted by molar-refractivity contribution is 5.91. The van der Waals surface area contributed by atoms with Crippen molar-refractivity contribution in [3.05, 3.63) is 29.3 Å². The minimum Gasteiger partial charge on any atom is -0.452 e. The predicted octanol–water partition coefficient (Wildman–Crippen LogP) is 0.219. The number of aryl methyl sites for hydroxylation is 1. The summed E-state index contributed by atoms with van der Waals surface area (Å²) in [6.45, 7) is 1.36. The molecule has 0 heterocycles. The summed E-state index contributed by atoms with van der Waals surface area (Å²) in [5.74, 6) is -1.27. The molecule has 0 saturated carbocycles. The van der Waals surface area contributed by atoms with Crippen LogP contribution in [0.25, 0.3) is 0 Å². The number of nitrogen functional groups attached to an aromatic ring is 1. The van der Waals surface area contributed by atoms with Crippen molar-refractivity contribution in [2.75, 3.05) is 12.3 Å². The Morgan fingerprint density at radius 1 is 1.40 bits per heavy atom. The third-order valence-corrected chi connectivity index (χ3v) is 1.85. The molecular formula is C10H12N2O3. The minimum absolute atomic E-state index is 0.350. The summed E-state index contributed by atoms with van der Waals surface area (Å²) in [5, 5.41) is 0. The molecule has 1 amide bonds. The van der Waals surface area contributed by atoms with Crippen molar-refractivity contribution >= 4 is 17.6 Å². The van der Waals surface area contributed by atoms with Gasteiger partial charge in [-0.05, 0) is 30.7 Å². The first-order valence-electron chi connectivity index (χ1n) is 4.32. The molecule has 1 rings (SSSR count). The van der Waals surface area contributed by atoms with Crippen LogP contribution in [0, 0.1) is 6.92 Å². The molecule has 0 radical (unpaired) electrons. The van der Waals surface area contributed by atoms with Gasteiger partial charge in [-0.3, -0.25) is 4.79 Å². The van der Waals surface area contributed by atoms with Gasteiger partial charge in [0.05, 0.1) is 5.56 Å². The molecule has 1 aromatic carbocycles. The molecular weight excluding hydrogens is 196 g/mol. The summed E-state index contributed by atoms with van der Waals surface area (Å²) >= 11 is 0. The average molecular weight is 208 g/mol. The van der Waals surface area contributed by atoms with Crippen LogP contribution in [0.15, 0.2) is 18.2 Å². The van der Waals surface area contributed by atoms with E-state index in [9.17, 15) is 9.59 Å². The maximum atomic E-state index is 11.3. The molecule has 1 aromatic rings. The van der Waals surface area contributed by atoms with Crippen molar-refractivity contribution in [3.8, 4) is 0 Å². The Labute approximate surface area is 87.0 Å². The number of hydrogen-bond acceptors (Lipinski definition) is 4. The van der Waals surface area contributed by atoms with Gasteiger partial charge in [0, 0.05) is 5.69 Å². The van der Waals surface area contributed by atoms with Gasteiger partial charge in [-0.1, -0.05) is 0 Å².